The highest BCUT2D eigenvalue weighted by atomic mass is 19.1. The zero-order valence-corrected chi connectivity index (χ0v) is 15.4. The van der Waals surface area contributed by atoms with Crippen LogP contribution in [0.5, 0.6) is 0 Å². The summed E-state index contributed by atoms with van der Waals surface area (Å²) in [5, 5.41) is 1.88. The molecule has 28 heavy (non-hydrogen) atoms. The first kappa shape index (κ1) is 16.7. The number of furan rings is 1. The van der Waals surface area contributed by atoms with Crippen molar-refractivity contribution >= 4 is 21.9 Å². The molecule has 0 saturated carbocycles. The van der Waals surface area contributed by atoms with E-state index >= 15 is 0 Å². The molecule has 0 aliphatic rings. The Kier molecular flexibility index (Phi) is 3.94. The summed E-state index contributed by atoms with van der Waals surface area (Å²) in [5.74, 6) is -0.0446. The zero-order chi connectivity index (χ0) is 19.1. The Bertz CT molecular complexity index is 1290. The molecule has 1 atom stereocenters. The molecule has 0 N–H and O–H groups in total. The van der Waals surface area contributed by atoms with Crippen LogP contribution in [0.15, 0.2) is 89.5 Å². The van der Waals surface area contributed by atoms with Gasteiger partial charge >= 0.3 is 0 Å². The average Bonchev–Trinajstić information content (AvgIpc) is 3.11. The topological polar surface area (TPSA) is 26.0 Å². The molecular formula is C25H18FNO. The second-order valence-corrected chi connectivity index (χ2v) is 7.03. The summed E-state index contributed by atoms with van der Waals surface area (Å²) >= 11 is 0. The Morgan fingerprint density at radius 3 is 2.54 bits per heavy atom. The van der Waals surface area contributed by atoms with Gasteiger partial charge < -0.3 is 4.42 Å². The molecule has 0 aliphatic heterocycles. The number of rotatable bonds is 3. The lowest BCUT2D eigenvalue weighted by molar-refractivity contribution is 0.618. The largest absolute Gasteiger partial charge is 0.455 e. The fraction of sp³-hybridized carbons (Fsp3) is 0.0800. The van der Waals surface area contributed by atoms with Crippen molar-refractivity contribution in [3.05, 3.63) is 102 Å². The van der Waals surface area contributed by atoms with Gasteiger partial charge in [-0.05, 0) is 41.5 Å². The number of halogens is 1. The van der Waals surface area contributed by atoms with Crippen LogP contribution in [0.4, 0.5) is 4.39 Å². The molecule has 1 unspecified atom stereocenters. The molecule has 3 aromatic carbocycles. The van der Waals surface area contributed by atoms with E-state index in [2.05, 4.69) is 48.3 Å². The van der Waals surface area contributed by atoms with Gasteiger partial charge in [0, 0.05) is 34.5 Å². The molecule has 2 aromatic heterocycles. The first-order valence-corrected chi connectivity index (χ1v) is 9.33. The highest BCUT2D eigenvalue weighted by Crippen LogP contribution is 2.36. The van der Waals surface area contributed by atoms with E-state index < -0.39 is 0 Å². The molecule has 0 aliphatic carbocycles. The molecule has 136 valence electrons. The number of pyridine rings is 1. The number of fused-ring (bicyclic) bond motifs is 3. The molecule has 0 radical (unpaired) electrons. The van der Waals surface area contributed by atoms with E-state index in [1.165, 1.54) is 23.3 Å². The molecule has 5 aromatic rings. The van der Waals surface area contributed by atoms with Gasteiger partial charge in [-0.2, -0.15) is 0 Å². The number of benzene rings is 3. The molecule has 0 fully saturated rings. The van der Waals surface area contributed by atoms with Gasteiger partial charge in [-0.25, -0.2) is 4.39 Å². The molecule has 2 heterocycles. The van der Waals surface area contributed by atoms with Crippen molar-refractivity contribution in [1.29, 1.82) is 0 Å². The van der Waals surface area contributed by atoms with Crippen molar-refractivity contribution < 1.29 is 8.81 Å². The van der Waals surface area contributed by atoms with Crippen LogP contribution in [-0.4, -0.2) is 4.98 Å². The maximum Gasteiger partial charge on any atom is 0.144 e. The fourth-order valence-corrected chi connectivity index (χ4v) is 3.77. The van der Waals surface area contributed by atoms with Crippen molar-refractivity contribution in [3.63, 3.8) is 0 Å². The van der Waals surface area contributed by atoms with Crippen molar-refractivity contribution in [2.24, 2.45) is 0 Å². The summed E-state index contributed by atoms with van der Waals surface area (Å²) in [6.45, 7) is 2.19. The van der Waals surface area contributed by atoms with Crippen molar-refractivity contribution in [1.82, 2.24) is 4.98 Å². The Morgan fingerprint density at radius 2 is 1.68 bits per heavy atom. The number of hydrogen-bond donors (Lipinski definition) is 0. The van der Waals surface area contributed by atoms with E-state index in [1.54, 1.807) is 6.07 Å². The van der Waals surface area contributed by atoms with Gasteiger partial charge in [0.25, 0.3) is 0 Å². The van der Waals surface area contributed by atoms with Crippen LogP contribution in [0, 0.1) is 5.82 Å². The Morgan fingerprint density at radius 1 is 0.821 bits per heavy atom. The molecule has 0 spiro atoms. The smallest absolute Gasteiger partial charge is 0.144 e. The van der Waals surface area contributed by atoms with E-state index in [1.807, 2.05) is 30.5 Å². The number of aromatic nitrogens is 1. The summed E-state index contributed by atoms with van der Waals surface area (Å²) in [4.78, 5) is 4.59. The van der Waals surface area contributed by atoms with Gasteiger partial charge in [-0.3, -0.25) is 4.98 Å². The minimum absolute atomic E-state index is 0.256. The van der Waals surface area contributed by atoms with Crippen LogP contribution in [0.1, 0.15) is 24.0 Å². The van der Waals surface area contributed by atoms with Crippen LogP contribution >= 0.6 is 0 Å². The first-order valence-electron chi connectivity index (χ1n) is 9.33. The SMILES string of the molecule is CC(c1ccccc1)c1ccnc(-c2cccc3c2oc2cc(F)ccc23)c1. The third-order valence-electron chi connectivity index (χ3n) is 5.32. The Labute approximate surface area is 162 Å². The normalized spacial score (nSPS) is 12.5. The predicted molar refractivity (Wildman–Crippen MR) is 111 cm³/mol. The van der Waals surface area contributed by atoms with Crippen LogP contribution < -0.4 is 0 Å². The van der Waals surface area contributed by atoms with Crippen molar-refractivity contribution in [2.75, 3.05) is 0 Å². The van der Waals surface area contributed by atoms with Crippen LogP contribution in [0.25, 0.3) is 33.2 Å². The van der Waals surface area contributed by atoms with Gasteiger partial charge in [0.1, 0.15) is 17.0 Å². The highest BCUT2D eigenvalue weighted by molar-refractivity contribution is 6.09. The average molecular weight is 367 g/mol. The summed E-state index contributed by atoms with van der Waals surface area (Å²) in [5.41, 5.74) is 5.51. The maximum absolute atomic E-state index is 13.6. The molecule has 5 rings (SSSR count). The summed E-state index contributed by atoms with van der Waals surface area (Å²) in [6, 6.07) is 25.2. The molecule has 0 amide bonds. The van der Waals surface area contributed by atoms with Gasteiger partial charge in [-0.1, -0.05) is 49.4 Å². The number of nitrogens with zero attached hydrogens (tertiary/aromatic N) is 1. The Balaban J connectivity index is 1.65. The molecule has 0 saturated heterocycles. The zero-order valence-electron chi connectivity index (χ0n) is 15.4. The second-order valence-electron chi connectivity index (χ2n) is 7.03. The van der Waals surface area contributed by atoms with Crippen molar-refractivity contribution in [3.8, 4) is 11.3 Å². The second kappa shape index (κ2) is 6.61. The first-order chi connectivity index (χ1) is 13.7. The summed E-state index contributed by atoms with van der Waals surface area (Å²) < 4.78 is 19.6. The standard InChI is InChI=1S/C25H18FNO/c1-16(17-6-3-2-4-7-17)18-12-13-27-23(14-18)22-9-5-8-21-20-11-10-19(26)15-24(20)28-25(21)22/h2-16H,1H3. The van der Waals surface area contributed by atoms with Gasteiger partial charge in [-0.15, -0.1) is 0 Å². The lowest BCUT2D eigenvalue weighted by Gasteiger charge is -2.13. The number of hydrogen-bond acceptors (Lipinski definition) is 2. The third kappa shape index (κ3) is 2.76. The van der Waals surface area contributed by atoms with E-state index in [0.29, 0.717) is 5.58 Å². The number of para-hydroxylation sites is 1. The molecule has 3 heteroatoms. The monoisotopic (exact) mass is 367 g/mol. The quantitative estimate of drug-likeness (QED) is 0.345. The van der Waals surface area contributed by atoms with Gasteiger partial charge in [0.05, 0.1) is 5.69 Å². The third-order valence-corrected chi connectivity index (χ3v) is 5.32. The van der Waals surface area contributed by atoms with Gasteiger partial charge in [0.2, 0.25) is 0 Å². The van der Waals surface area contributed by atoms with E-state index in [9.17, 15) is 4.39 Å². The van der Waals surface area contributed by atoms with Gasteiger partial charge in [0.15, 0.2) is 0 Å². The molecule has 0 bridgehead atoms. The molecule has 2 nitrogen and oxygen atoms in total. The predicted octanol–water partition coefficient (Wildman–Crippen LogP) is 6.94. The van der Waals surface area contributed by atoms with E-state index in [0.717, 1.165) is 27.6 Å². The highest BCUT2D eigenvalue weighted by Gasteiger charge is 2.15. The van der Waals surface area contributed by atoms with Crippen LogP contribution in [0.2, 0.25) is 0 Å². The van der Waals surface area contributed by atoms with Crippen LogP contribution in [-0.2, 0) is 0 Å². The van der Waals surface area contributed by atoms with E-state index in [-0.39, 0.29) is 11.7 Å². The Hall–Kier alpha value is -3.46. The lowest BCUT2D eigenvalue weighted by atomic mass is 9.92. The van der Waals surface area contributed by atoms with Crippen LogP contribution in [0.3, 0.4) is 0 Å². The fourth-order valence-electron chi connectivity index (χ4n) is 3.77. The maximum atomic E-state index is 13.6. The minimum atomic E-state index is -0.301. The van der Waals surface area contributed by atoms with E-state index in [4.69, 9.17) is 4.42 Å². The molecular weight excluding hydrogens is 349 g/mol. The van der Waals surface area contributed by atoms with Crippen molar-refractivity contribution in [2.45, 2.75) is 12.8 Å². The minimum Gasteiger partial charge on any atom is -0.455 e. The summed E-state index contributed by atoms with van der Waals surface area (Å²) in [7, 11) is 0. The summed E-state index contributed by atoms with van der Waals surface area (Å²) in [6.07, 6.45) is 1.84. The lowest BCUT2D eigenvalue weighted by Crippen LogP contribution is -1.97.